The van der Waals surface area contributed by atoms with E-state index in [1.807, 2.05) is 13.0 Å². The van der Waals surface area contributed by atoms with E-state index in [4.69, 9.17) is 4.74 Å². The molecule has 0 unspecified atom stereocenters. The Labute approximate surface area is 106 Å². The molecule has 4 heteroatoms. The summed E-state index contributed by atoms with van der Waals surface area (Å²) in [5.74, 6) is 0.827. The SMILES string of the molecule is CCNCc1cc(Oc2cccc(F)c2)ccn1. The minimum absolute atomic E-state index is 0.311. The first-order valence-electron chi connectivity index (χ1n) is 5.87. The molecule has 0 atom stereocenters. The topological polar surface area (TPSA) is 34.1 Å². The van der Waals surface area contributed by atoms with Crippen molar-refractivity contribution in [1.29, 1.82) is 0 Å². The monoisotopic (exact) mass is 246 g/mol. The number of aromatic nitrogens is 1. The van der Waals surface area contributed by atoms with E-state index < -0.39 is 0 Å². The molecule has 0 spiro atoms. The van der Waals surface area contributed by atoms with Crippen LogP contribution in [0.2, 0.25) is 0 Å². The highest BCUT2D eigenvalue weighted by atomic mass is 19.1. The number of nitrogens with one attached hydrogen (secondary N) is 1. The van der Waals surface area contributed by atoms with Crippen LogP contribution in [0.5, 0.6) is 11.5 Å². The lowest BCUT2D eigenvalue weighted by Crippen LogP contribution is -2.12. The standard InChI is InChI=1S/C14H15FN2O/c1-2-16-10-12-9-14(6-7-17-12)18-13-5-3-4-11(15)8-13/h3-9,16H,2,10H2,1H3. The van der Waals surface area contributed by atoms with E-state index in [2.05, 4.69) is 10.3 Å². The van der Waals surface area contributed by atoms with E-state index in [0.29, 0.717) is 18.0 Å². The third-order valence-corrected chi connectivity index (χ3v) is 2.38. The summed E-state index contributed by atoms with van der Waals surface area (Å²) in [6, 6.07) is 9.66. The van der Waals surface area contributed by atoms with Crippen LogP contribution in [0.4, 0.5) is 4.39 Å². The van der Waals surface area contributed by atoms with E-state index in [-0.39, 0.29) is 5.82 Å². The Balaban J connectivity index is 2.09. The number of hydrogen-bond acceptors (Lipinski definition) is 3. The lowest BCUT2D eigenvalue weighted by atomic mass is 10.3. The first-order chi connectivity index (χ1) is 8.78. The molecule has 2 rings (SSSR count). The number of benzene rings is 1. The van der Waals surface area contributed by atoms with Gasteiger partial charge in [0.25, 0.3) is 0 Å². The molecule has 0 aliphatic carbocycles. The zero-order chi connectivity index (χ0) is 12.8. The molecule has 0 amide bonds. The second-order valence-corrected chi connectivity index (χ2v) is 3.82. The van der Waals surface area contributed by atoms with E-state index in [1.54, 1.807) is 24.4 Å². The predicted octanol–water partition coefficient (Wildman–Crippen LogP) is 3.12. The van der Waals surface area contributed by atoms with E-state index >= 15 is 0 Å². The van der Waals surface area contributed by atoms with Crippen molar-refractivity contribution in [2.24, 2.45) is 0 Å². The molecule has 18 heavy (non-hydrogen) atoms. The second-order valence-electron chi connectivity index (χ2n) is 3.82. The van der Waals surface area contributed by atoms with Gasteiger partial charge < -0.3 is 10.1 Å². The first kappa shape index (κ1) is 12.5. The Hall–Kier alpha value is -1.94. The molecule has 0 saturated carbocycles. The van der Waals surface area contributed by atoms with Gasteiger partial charge in [-0.15, -0.1) is 0 Å². The van der Waals surface area contributed by atoms with Crippen molar-refractivity contribution in [2.45, 2.75) is 13.5 Å². The van der Waals surface area contributed by atoms with E-state index in [0.717, 1.165) is 12.2 Å². The normalized spacial score (nSPS) is 10.3. The molecular weight excluding hydrogens is 231 g/mol. The lowest BCUT2D eigenvalue weighted by molar-refractivity contribution is 0.474. The highest BCUT2D eigenvalue weighted by molar-refractivity contribution is 5.31. The molecule has 0 saturated heterocycles. The van der Waals surface area contributed by atoms with Crippen LogP contribution in [0.15, 0.2) is 42.6 Å². The number of hydrogen-bond donors (Lipinski definition) is 1. The molecule has 1 aromatic carbocycles. The summed E-state index contributed by atoms with van der Waals surface area (Å²) >= 11 is 0. The van der Waals surface area contributed by atoms with Crippen molar-refractivity contribution in [3.63, 3.8) is 0 Å². The summed E-state index contributed by atoms with van der Waals surface area (Å²) in [5, 5.41) is 3.19. The molecule has 1 aromatic heterocycles. The van der Waals surface area contributed by atoms with Crippen LogP contribution in [-0.2, 0) is 6.54 Å². The highest BCUT2D eigenvalue weighted by Crippen LogP contribution is 2.21. The van der Waals surface area contributed by atoms with Gasteiger partial charge in [0.15, 0.2) is 0 Å². The van der Waals surface area contributed by atoms with E-state index in [9.17, 15) is 4.39 Å². The highest BCUT2D eigenvalue weighted by Gasteiger charge is 2.01. The Bertz CT molecular complexity index is 517. The molecule has 1 N–H and O–H groups in total. The summed E-state index contributed by atoms with van der Waals surface area (Å²) in [5.41, 5.74) is 0.894. The summed E-state index contributed by atoms with van der Waals surface area (Å²) < 4.78 is 18.6. The van der Waals surface area contributed by atoms with Gasteiger partial charge in [-0.05, 0) is 24.7 Å². The second kappa shape index (κ2) is 6.12. The fourth-order valence-electron chi connectivity index (χ4n) is 1.54. The predicted molar refractivity (Wildman–Crippen MR) is 68.1 cm³/mol. The maximum atomic E-state index is 13.0. The van der Waals surface area contributed by atoms with Crippen molar-refractivity contribution >= 4 is 0 Å². The minimum atomic E-state index is -0.311. The van der Waals surface area contributed by atoms with Gasteiger partial charge in [0.05, 0.1) is 5.69 Å². The molecule has 2 aromatic rings. The zero-order valence-electron chi connectivity index (χ0n) is 10.2. The van der Waals surface area contributed by atoms with Gasteiger partial charge in [-0.25, -0.2) is 4.39 Å². The van der Waals surface area contributed by atoms with Crippen LogP contribution in [-0.4, -0.2) is 11.5 Å². The van der Waals surface area contributed by atoms with Gasteiger partial charge >= 0.3 is 0 Å². The lowest BCUT2D eigenvalue weighted by Gasteiger charge is -2.07. The molecule has 0 radical (unpaired) electrons. The fraction of sp³-hybridized carbons (Fsp3) is 0.214. The molecule has 3 nitrogen and oxygen atoms in total. The third-order valence-electron chi connectivity index (χ3n) is 2.38. The summed E-state index contributed by atoms with van der Waals surface area (Å²) in [4.78, 5) is 4.22. The van der Waals surface area contributed by atoms with Crippen LogP contribution in [0.25, 0.3) is 0 Å². The van der Waals surface area contributed by atoms with Crippen molar-refractivity contribution in [3.8, 4) is 11.5 Å². The molecule has 0 fully saturated rings. The number of pyridine rings is 1. The Morgan fingerprint density at radius 2 is 2.06 bits per heavy atom. The van der Waals surface area contributed by atoms with Crippen LogP contribution in [0.3, 0.4) is 0 Å². The number of halogens is 1. The third kappa shape index (κ3) is 3.53. The van der Waals surface area contributed by atoms with Gasteiger partial charge in [0.2, 0.25) is 0 Å². The van der Waals surface area contributed by atoms with Gasteiger partial charge in [-0.2, -0.15) is 0 Å². The van der Waals surface area contributed by atoms with Crippen LogP contribution < -0.4 is 10.1 Å². The minimum Gasteiger partial charge on any atom is -0.457 e. The first-order valence-corrected chi connectivity index (χ1v) is 5.87. The average Bonchev–Trinajstić information content (AvgIpc) is 2.37. The number of nitrogens with zero attached hydrogens (tertiary/aromatic N) is 1. The van der Waals surface area contributed by atoms with Crippen LogP contribution in [0, 0.1) is 5.82 Å². The van der Waals surface area contributed by atoms with Gasteiger partial charge in [-0.3, -0.25) is 4.98 Å². The average molecular weight is 246 g/mol. The van der Waals surface area contributed by atoms with Crippen molar-refractivity contribution in [1.82, 2.24) is 10.3 Å². The molecule has 94 valence electrons. The number of rotatable bonds is 5. The summed E-state index contributed by atoms with van der Waals surface area (Å²) in [7, 11) is 0. The Morgan fingerprint density at radius 1 is 1.22 bits per heavy atom. The fourth-order valence-corrected chi connectivity index (χ4v) is 1.54. The summed E-state index contributed by atoms with van der Waals surface area (Å²) in [6.07, 6.45) is 1.68. The Morgan fingerprint density at radius 3 is 2.83 bits per heavy atom. The molecule has 0 bridgehead atoms. The van der Waals surface area contributed by atoms with Crippen molar-refractivity contribution in [3.05, 3.63) is 54.1 Å². The Kier molecular flexibility index (Phi) is 4.25. The van der Waals surface area contributed by atoms with E-state index in [1.165, 1.54) is 12.1 Å². The maximum Gasteiger partial charge on any atom is 0.130 e. The van der Waals surface area contributed by atoms with Crippen LogP contribution >= 0.6 is 0 Å². The largest absolute Gasteiger partial charge is 0.457 e. The van der Waals surface area contributed by atoms with Crippen molar-refractivity contribution < 1.29 is 9.13 Å². The summed E-state index contributed by atoms with van der Waals surface area (Å²) in [6.45, 7) is 3.61. The molecule has 1 heterocycles. The molecule has 0 aliphatic rings. The zero-order valence-corrected chi connectivity index (χ0v) is 10.2. The molecular formula is C14H15FN2O. The molecule has 0 aliphatic heterocycles. The smallest absolute Gasteiger partial charge is 0.130 e. The maximum absolute atomic E-state index is 13.0. The van der Waals surface area contributed by atoms with Gasteiger partial charge in [0, 0.05) is 24.9 Å². The quantitative estimate of drug-likeness (QED) is 0.880. The van der Waals surface area contributed by atoms with Crippen molar-refractivity contribution in [2.75, 3.05) is 6.54 Å². The van der Waals surface area contributed by atoms with Gasteiger partial charge in [-0.1, -0.05) is 13.0 Å². The number of ether oxygens (including phenoxy) is 1. The van der Waals surface area contributed by atoms with Gasteiger partial charge in [0.1, 0.15) is 17.3 Å². The van der Waals surface area contributed by atoms with Crippen LogP contribution in [0.1, 0.15) is 12.6 Å².